The first-order chi connectivity index (χ1) is 12.2. The van der Waals surface area contributed by atoms with Gasteiger partial charge in [0.1, 0.15) is 5.82 Å². The number of hydrogen-bond donors (Lipinski definition) is 2. The van der Waals surface area contributed by atoms with E-state index in [0.29, 0.717) is 6.54 Å². The predicted octanol–water partition coefficient (Wildman–Crippen LogP) is 3.67. The second kappa shape index (κ2) is 9.85. The molecule has 0 unspecified atom stereocenters. The lowest BCUT2D eigenvalue weighted by Gasteiger charge is -2.16. The van der Waals surface area contributed by atoms with Gasteiger partial charge in [-0.1, -0.05) is 24.3 Å². The molecule has 3 rings (SSSR count). The molecule has 0 bridgehead atoms. The molecule has 0 radical (unpaired) electrons. The van der Waals surface area contributed by atoms with Crippen LogP contribution in [-0.4, -0.2) is 30.6 Å². The van der Waals surface area contributed by atoms with E-state index in [-0.39, 0.29) is 35.2 Å². The maximum Gasteiger partial charge on any atom is 0.191 e. The molecule has 1 aliphatic carbocycles. The van der Waals surface area contributed by atoms with Gasteiger partial charge in [0.2, 0.25) is 0 Å². The number of hydrogen-bond acceptors (Lipinski definition) is 2. The Kier molecular flexibility index (Phi) is 7.81. The molecule has 1 fully saturated rings. The molecule has 2 aromatic rings. The van der Waals surface area contributed by atoms with Crippen LogP contribution in [0.4, 0.5) is 4.39 Å². The molecule has 4 nitrogen and oxygen atoms in total. The zero-order valence-corrected chi connectivity index (χ0v) is 17.4. The lowest BCUT2D eigenvalue weighted by Crippen LogP contribution is -2.39. The Balaban J connectivity index is 0.00000243. The summed E-state index contributed by atoms with van der Waals surface area (Å²) in [6.07, 6.45) is 4.62. The Hall–Kier alpha value is -1.70. The summed E-state index contributed by atoms with van der Waals surface area (Å²) in [5, 5.41) is 6.60. The molecule has 1 heterocycles. The van der Waals surface area contributed by atoms with Crippen LogP contribution < -0.4 is 10.6 Å². The SMILES string of the molecule is CCNC(=NCC1(c2ccccc2F)CC1)NCCc1ccccn1.I. The summed E-state index contributed by atoms with van der Waals surface area (Å²) in [6.45, 7) is 4.20. The summed E-state index contributed by atoms with van der Waals surface area (Å²) in [4.78, 5) is 9.03. The average Bonchev–Trinajstić information content (AvgIpc) is 3.42. The minimum Gasteiger partial charge on any atom is -0.357 e. The summed E-state index contributed by atoms with van der Waals surface area (Å²) in [5.74, 6) is 0.657. The highest BCUT2D eigenvalue weighted by Crippen LogP contribution is 2.49. The van der Waals surface area contributed by atoms with Crippen molar-refractivity contribution in [2.75, 3.05) is 19.6 Å². The largest absolute Gasteiger partial charge is 0.357 e. The third-order valence-corrected chi connectivity index (χ3v) is 4.58. The number of benzene rings is 1. The fraction of sp³-hybridized carbons (Fsp3) is 0.400. The first-order valence-corrected chi connectivity index (χ1v) is 8.91. The fourth-order valence-corrected chi connectivity index (χ4v) is 2.98. The molecule has 1 aromatic heterocycles. The normalized spacial score (nSPS) is 15.1. The zero-order valence-electron chi connectivity index (χ0n) is 15.0. The molecule has 0 amide bonds. The predicted molar refractivity (Wildman–Crippen MR) is 115 cm³/mol. The van der Waals surface area contributed by atoms with Crippen molar-refractivity contribution in [3.05, 3.63) is 65.7 Å². The first kappa shape index (κ1) is 20.6. The van der Waals surface area contributed by atoms with E-state index in [1.165, 1.54) is 6.07 Å². The Labute approximate surface area is 171 Å². The van der Waals surface area contributed by atoms with Crippen LogP contribution in [-0.2, 0) is 11.8 Å². The quantitative estimate of drug-likeness (QED) is 0.371. The zero-order chi connectivity index (χ0) is 17.5. The molecular formula is C20H26FIN4. The van der Waals surface area contributed by atoms with Crippen LogP contribution in [0.15, 0.2) is 53.7 Å². The molecule has 1 aromatic carbocycles. The second-order valence-electron chi connectivity index (χ2n) is 6.45. The Morgan fingerprint density at radius 2 is 1.92 bits per heavy atom. The van der Waals surface area contributed by atoms with E-state index in [0.717, 1.165) is 49.6 Å². The van der Waals surface area contributed by atoms with Crippen LogP contribution in [0.1, 0.15) is 31.0 Å². The van der Waals surface area contributed by atoms with Gasteiger partial charge in [-0.3, -0.25) is 9.98 Å². The fourth-order valence-electron chi connectivity index (χ4n) is 2.98. The van der Waals surface area contributed by atoms with Crippen molar-refractivity contribution in [2.45, 2.75) is 31.6 Å². The van der Waals surface area contributed by atoms with Crippen LogP contribution in [0.2, 0.25) is 0 Å². The monoisotopic (exact) mass is 468 g/mol. The molecule has 6 heteroatoms. The van der Waals surface area contributed by atoms with Crippen LogP contribution in [0.25, 0.3) is 0 Å². The van der Waals surface area contributed by atoms with Crippen LogP contribution in [0.3, 0.4) is 0 Å². The van der Waals surface area contributed by atoms with Crippen LogP contribution in [0.5, 0.6) is 0 Å². The van der Waals surface area contributed by atoms with Crippen molar-refractivity contribution in [3.63, 3.8) is 0 Å². The highest BCUT2D eigenvalue weighted by atomic mass is 127. The number of guanidine groups is 1. The van der Waals surface area contributed by atoms with Gasteiger partial charge >= 0.3 is 0 Å². The van der Waals surface area contributed by atoms with Crippen molar-refractivity contribution in [2.24, 2.45) is 4.99 Å². The van der Waals surface area contributed by atoms with Gasteiger partial charge in [-0.25, -0.2) is 4.39 Å². The highest BCUT2D eigenvalue weighted by Gasteiger charge is 2.45. The summed E-state index contributed by atoms with van der Waals surface area (Å²) >= 11 is 0. The molecule has 140 valence electrons. The molecule has 1 saturated carbocycles. The smallest absolute Gasteiger partial charge is 0.191 e. The third-order valence-electron chi connectivity index (χ3n) is 4.58. The van der Waals surface area contributed by atoms with Gasteiger partial charge in [0, 0.05) is 36.8 Å². The van der Waals surface area contributed by atoms with E-state index >= 15 is 0 Å². The molecule has 1 aliphatic rings. The van der Waals surface area contributed by atoms with E-state index < -0.39 is 0 Å². The van der Waals surface area contributed by atoms with Crippen LogP contribution >= 0.6 is 24.0 Å². The lowest BCUT2D eigenvalue weighted by atomic mass is 9.95. The van der Waals surface area contributed by atoms with Gasteiger partial charge in [0.05, 0.1) is 6.54 Å². The van der Waals surface area contributed by atoms with Gasteiger partial charge in [-0.05, 0) is 43.5 Å². The summed E-state index contributed by atoms with van der Waals surface area (Å²) in [7, 11) is 0. The van der Waals surface area contributed by atoms with Gasteiger partial charge in [-0.2, -0.15) is 0 Å². The summed E-state index contributed by atoms with van der Waals surface area (Å²) < 4.78 is 14.1. The Morgan fingerprint density at radius 3 is 2.58 bits per heavy atom. The molecule has 26 heavy (non-hydrogen) atoms. The number of pyridine rings is 1. The minimum atomic E-state index is -0.130. The van der Waals surface area contributed by atoms with Gasteiger partial charge in [0.15, 0.2) is 5.96 Å². The molecule has 0 spiro atoms. The maximum atomic E-state index is 14.1. The molecule has 2 N–H and O–H groups in total. The number of nitrogens with one attached hydrogen (secondary N) is 2. The Morgan fingerprint density at radius 1 is 1.15 bits per heavy atom. The minimum absolute atomic E-state index is 0. The number of nitrogens with zero attached hydrogens (tertiary/aromatic N) is 2. The topological polar surface area (TPSA) is 49.3 Å². The van der Waals surface area contributed by atoms with Crippen molar-refractivity contribution in [1.29, 1.82) is 0 Å². The van der Waals surface area contributed by atoms with Crippen molar-refractivity contribution in [3.8, 4) is 0 Å². The number of halogens is 2. The van der Waals surface area contributed by atoms with Crippen molar-refractivity contribution in [1.82, 2.24) is 15.6 Å². The maximum absolute atomic E-state index is 14.1. The third kappa shape index (κ3) is 5.40. The number of aliphatic imine (C=N–C) groups is 1. The van der Waals surface area contributed by atoms with E-state index in [2.05, 4.69) is 15.6 Å². The molecule has 0 saturated heterocycles. The Bertz CT molecular complexity index is 717. The standard InChI is InChI=1S/C20H25FN4.HI/c1-2-22-19(24-14-10-16-7-5-6-13-23-16)25-15-20(11-12-20)17-8-3-4-9-18(17)21;/h3-9,13H,2,10-12,14-15H2,1H3,(H2,22,24,25);1H. The van der Waals surface area contributed by atoms with Gasteiger partial charge in [-0.15, -0.1) is 24.0 Å². The summed E-state index contributed by atoms with van der Waals surface area (Å²) in [5.41, 5.74) is 1.72. The number of rotatable bonds is 7. The average molecular weight is 468 g/mol. The molecule has 0 atom stereocenters. The number of aromatic nitrogens is 1. The first-order valence-electron chi connectivity index (χ1n) is 8.91. The lowest BCUT2D eigenvalue weighted by molar-refractivity contribution is 0.572. The highest BCUT2D eigenvalue weighted by molar-refractivity contribution is 14.0. The van der Waals surface area contributed by atoms with E-state index in [1.54, 1.807) is 12.3 Å². The van der Waals surface area contributed by atoms with E-state index in [4.69, 9.17) is 4.99 Å². The van der Waals surface area contributed by atoms with Gasteiger partial charge < -0.3 is 10.6 Å². The summed E-state index contributed by atoms with van der Waals surface area (Å²) in [6, 6.07) is 13.0. The van der Waals surface area contributed by atoms with E-state index in [9.17, 15) is 4.39 Å². The van der Waals surface area contributed by atoms with Crippen LogP contribution in [0, 0.1) is 5.82 Å². The second-order valence-corrected chi connectivity index (χ2v) is 6.45. The van der Waals surface area contributed by atoms with Gasteiger partial charge in [0.25, 0.3) is 0 Å². The van der Waals surface area contributed by atoms with Crippen molar-refractivity contribution >= 4 is 29.9 Å². The van der Waals surface area contributed by atoms with Crippen molar-refractivity contribution < 1.29 is 4.39 Å². The molecular weight excluding hydrogens is 442 g/mol. The molecule has 0 aliphatic heterocycles. The van der Waals surface area contributed by atoms with E-state index in [1.807, 2.05) is 37.3 Å².